The molecule has 0 fully saturated rings. The number of hydrogen-bond acceptors (Lipinski definition) is 4. The zero-order valence-corrected chi connectivity index (χ0v) is 14.3. The van der Waals surface area contributed by atoms with Crippen molar-refractivity contribution in [2.75, 3.05) is 5.73 Å². The van der Waals surface area contributed by atoms with E-state index in [0.29, 0.717) is 5.69 Å². The fourth-order valence-corrected chi connectivity index (χ4v) is 3.39. The van der Waals surface area contributed by atoms with Gasteiger partial charge in [-0.15, -0.1) is 10.2 Å². The van der Waals surface area contributed by atoms with Crippen molar-refractivity contribution >= 4 is 29.1 Å². The summed E-state index contributed by atoms with van der Waals surface area (Å²) >= 11 is 7.57. The van der Waals surface area contributed by atoms with E-state index >= 15 is 0 Å². The molecule has 0 unspecified atom stereocenters. The quantitative estimate of drug-likeness (QED) is 0.547. The number of nitrogens with zero attached hydrogens (tertiary/aromatic N) is 3. The maximum atomic E-state index is 6.06. The standard InChI is InChI=1S/C17H17ClN4S/c1-2-22-16(14-5-3-4-6-15(14)19)20-21-17(22)23-11-12-7-9-13(18)10-8-12/h3-10H,2,11,19H2,1H3. The molecular weight excluding hydrogens is 328 g/mol. The molecule has 0 amide bonds. The summed E-state index contributed by atoms with van der Waals surface area (Å²) in [5.74, 6) is 1.63. The van der Waals surface area contributed by atoms with Crippen LogP contribution in [0.15, 0.2) is 53.7 Å². The minimum atomic E-state index is 0.712. The van der Waals surface area contributed by atoms with Gasteiger partial charge in [-0.1, -0.05) is 47.6 Å². The Morgan fingerprint density at radius 2 is 1.83 bits per heavy atom. The van der Waals surface area contributed by atoms with E-state index < -0.39 is 0 Å². The first-order valence-electron chi connectivity index (χ1n) is 7.34. The fourth-order valence-electron chi connectivity index (χ4n) is 2.31. The van der Waals surface area contributed by atoms with Crippen LogP contribution in [0.5, 0.6) is 0 Å². The third kappa shape index (κ3) is 3.51. The molecule has 3 aromatic rings. The molecule has 2 aromatic carbocycles. The number of aromatic nitrogens is 3. The van der Waals surface area contributed by atoms with Gasteiger partial charge in [-0.05, 0) is 36.8 Å². The minimum Gasteiger partial charge on any atom is -0.398 e. The molecule has 0 saturated carbocycles. The van der Waals surface area contributed by atoms with E-state index in [-0.39, 0.29) is 0 Å². The minimum absolute atomic E-state index is 0.712. The van der Waals surface area contributed by atoms with Gasteiger partial charge in [0.25, 0.3) is 0 Å². The van der Waals surface area contributed by atoms with Gasteiger partial charge in [0.05, 0.1) is 0 Å². The van der Waals surface area contributed by atoms with Crippen LogP contribution in [0, 0.1) is 0 Å². The van der Waals surface area contributed by atoms with E-state index in [1.807, 2.05) is 48.5 Å². The molecule has 1 heterocycles. The highest BCUT2D eigenvalue weighted by atomic mass is 35.5. The van der Waals surface area contributed by atoms with Gasteiger partial charge >= 0.3 is 0 Å². The number of benzene rings is 2. The maximum absolute atomic E-state index is 6.06. The lowest BCUT2D eigenvalue weighted by Crippen LogP contribution is -2.01. The molecule has 1 aromatic heterocycles. The molecule has 0 aliphatic carbocycles. The van der Waals surface area contributed by atoms with Crippen LogP contribution in [0.3, 0.4) is 0 Å². The Labute approximate surface area is 144 Å². The van der Waals surface area contributed by atoms with E-state index in [2.05, 4.69) is 21.7 Å². The van der Waals surface area contributed by atoms with E-state index in [4.69, 9.17) is 17.3 Å². The first-order valence-corrected chi connectivity index (χ1v) is 8.70. The molecule has 2 N–H and O–H groups in total. The van der Waals surface area contributed by atoms with E-state index in [9.17, 15) is 0 Å². The second-order valence-electron chi connectivity index (χ2n) is 5.05. The lowest BCUT2D eigenvalue weighted by atomic mass is 10.1. The van der Waals surface area contributed by atoms with Crippen LogP contribution in [-0.2, 0) is 12.3 Å². The number of rotatable bonds is 5. The summed E-state index contributed by atoms with van der Waals surface area (Å²) in [6.45, 7) is 2.87. The first-order chi connectivity index (χ1) is 11.2. The van der Waals surface area contributed by atoms with Crippen molar-refractivity contribution in [1.82, 2.24) is 14.8 Å². The fraction of sp³-hybridized carbons (Fsp3) is 0.176. The van der Waals surface area contributed by atoms with Crippen LogP contribution >= 0.6 is 23.4 Å². The Balaban J connectivity index is 1.84. The first kappa shape index (κ1) is 15.9. The summed E-state index contributed by atoms with van der Waals surface area (Å²) in [7, 11) is 0. The number of nitrogen functional groups attached to an aromatic ring is 1. The highest BCUT2D eigenvalue weighted by Gasteiger charge is 2.14. The van der Waals surface area contributed by atoms with E-state index in [1.165, 1.54) is 5.56 Å². The molecule has 0 atom stereocenters. The zero-order chi connectivity index (χ0) is 16.2. The number of thioether (sulfide) groups is 1. The van der Waals surface area contributed by atoms with Crippen LogP contribution < -0.4 is 5.73 Å². The predicted octanol–water partition coefficient (Wildman–Crippen LogP) is 4.49. The molecule has 3 rings (SSSR count). The number of hydrogen-bond donors (Lipinski definition) is 1. The van der Waals surface area contributed by atoms with Crippen molar-refractivity contribution in [2.24, 2.45) is 0 Å². The normalized spacial score (nSPS) is 10.9. The SMILES string of the molecule is CCn1c(SCc2ccc(Cl)cc2)nnc1-c1ccccc1N. The average Bonchev–Trinajstić information content (AvgIpc) is 2.97. The van der Waals surface area contributed by atoms with Crippen molar-refractivity contribution in [2.45, 2.75) is 24.4 Å². The van der Waals surface area contributed by atoms with Crippen LogP contribution in [-0.4, -0.2) is 14.8 Å². The van der Waals surface area contributed by atoms with Gasteiger partial charge in [-0.2, -0.15) is 0 Å². The van der Waals surface area contributed by atoms with Crippen LogP contribution in [0.25, 0.3) is 11.4 Å². The predicted molar refractivity (Wildman–Crippen MR) is 96.6 cm³/mol. The maximum Gasteiger partial charge on any atom is 0.191 e. The second-order valence-corrected chi connectivity index (χ2v) is 6.43. The number of nitrogens with two attached hydrogens (primary N) is 1. The van der Waals surface area contributed by atoms with Crippen LogP contribution in [0.1, 0.15) is 12.5 Å². The highest BCUT2D eigenvalue weighted by Crippen LogP contribution is 2.29. The third-order valence-electron chi connectivity index (χ3n) is 3.52. The van der Waals surface area contributed by atoms with E-state index in [0.717, 1.165) is 33.9 Å². The Kier molecular flexibility index (Phi) is 4.88. The molecule has 4 nitrogen and oxygen atoms in total. The molecule has 0 aliphatic heterocycles. The average molecular weight is 345 g/mol. The topological polar surface area (TPSA) is 56.7 Å². The van der Waals surface area contributed by atoms with E-state index in [1.54, 1.807) is 11.8 Å². The van der Waals surface area contributed by atoms with Crippen molar-refractivity contribution < 1.29 is 0 Å². The van der Waals surface area contributed by atoms with Crippen molar-refractivity contribution in [3.05, 3.63) is 59.1 Å². The summed E-state index contributed by atoms with van der Waals surface area (Å²) in [6.07, 6.45) is 0. The molecule has 0 radical (unpaired) electrons. The van der Waals surface area contributed by atoms with Gasteiger partial charge < -0.3 is 10.3 Å². The molecular formula is C17H17ClN4S. The summed E-state index contributed by atoms with van der Waals surface area (Å²) in [5.41, 5.74) is 8.89. The summed E-state index contributed by atoms with van der Waals surface area (Å²) in [6, 6.07) is 15.6. The Hall–Kier alpha value is -1.98. The van der Waals surface area contributed by atoms with Gasteiger partial charge in [-0.3, -0.25) is 0 Å². The summed E-state index contributed by atoms with van der Waals surface area (Å²) in [5, 5.41) is 10.3. The van der Waals surface area contributed by atoms with Gasteiger partial charge in [0.15, 0.2) is 11.0 Å². The zero-order valence-electron chi connectivity index (χ0n) is 12.7. The molecule has 0 bridgehead atoms. The van der Waals surface area contributed by atoms with Gasteiger partial charge in [0.1, 0.15) is 0 Å². The Morgan fingerprint density at radius 1 is 1.09 bits per heavy atom. The Bertz CT molecular complexity index is 799. The van der Waals surface area contributed by atoms with Gasteiger partial charge in [0.2, 0.25) is 0 Å². The number of anilines is 1. The van der Waals surface area contributed by atoms with Gasteiger partial charge in [0, 0.05) is 28.6 Å². The third-order valence-corrected chi connectivity index (χ3v) is 4.81. The van der Waals surface area contributed by atoms with Crippen LogP contribution in [0.2, 0.25) is 5.02 Å². The lowest BCUT2D eigenvalue weighted by molar-refractivity contribution is 0.687. The summed E-state index contributed by atoms with van der Waals surface area (Å²) < 4.78 is 2.09. The molecule has 0 aliphatic rings. The van der Waals surface area contributed by atoms with Crippen LogP contribution in [0.4, 0.5) is 5.69 Å². The van der Waals surface area contributed by atoms with Crippen molar-refractivity contribution in [3.63, 3.8) is 0 Å². The lowest BCUT2D eigenvalue weighted by Gasteiger charge is -2.09. The van der Waals surface area contributed by atoms with Crippen molar-refractivity contribution in [3.8, 4) is 11.4 Å². The van der Waals surface area contributed by atoms with Gasteiger partial charge in [-0.25, -0.2) is 0 Å². The molecule has 118 valence electrons. The smallest absolute Gasteiger partial charge is 0.191 e. The highest BCUT2D eigenvalue weighted by molar-refractivity contribution is 7.98. The van der Waals surface area contributed by atoms with Crippen molar-refractivity contribution in [1.29, 1.82) is 0 Å². The molecule has 0 spiro atoms. The summed E-state index contributed by atoms with van der Waals surface area (Å²) in [4.78, 5) is 0. The number of halogens is 1. The monoisotopic (exact) mass is 344 g/mol. The number of para-hydroxylation sites is 1. The Morgan fingerprint density at radius 3 is 2.52 bits per heavy atom. The molecule has 23 heavy (non-hydrogen) atoms. The molecule has 0 saturated heterocycles. The second kappa shape index (κ2) is 7.06. The largest absolute Gasteiger partial charge is 0.398 e. The molecule has 6 heteroatoms.